The lowest BCUT2D eigenvalue weighted by Crippen LogP contribution is -2.19. The SMILES string of the molecule is Cn1ccnc1C1c2c(nc3c(c2N)CCC3)Oc2ccc3ccccc3c21. The molecule has 1 aliphatic heterocycles. The van der Waals surface area contributed by atoms with Crippen LogP contribution in [0, 0.1) is 0 Å². The van der Waals surface area contributed by atoms with Crippen LogP contribution < -0.4 is 10.5 Å². The Hall–Kier alpha value is -3.34. The van der Waals surface area contributed by atoms with Crippen molar-refractivity contribution in [1.29, 1.82) is 0 Å². The summed E-state index contributed by atoms with van der Waals surface area (Å²) in [4.78, 5) is 9.59. The summed E-state index contributed by atoms with van der Waals surface area (Å²) in [7, 11) is 2.03. The van der Waals surface area contributed by atoms with Crippen molar-refractivity contribution in [3.8, 4) is 11.6 Å². The van der Waals surface area contributed by atoms with E-state index in [-0.39, 0.29) is 5.92 Å². The van der Waals surface area contributed by atoms with Gasteiger partial charge >= 0.3 is 0 Å². The summed E-state index contributed by atoms with van der Waals surface area (Å²) >= 11 is 0. The molecule has 1 aliphatic carbocycles. The van der Waals surface area contributed by atoms with E-state index in [1.807, 2.05) is 25.5 Å². The zero-order valence-corrected chi connectivity index (χ0v) is 15.6. The number of rotatable bonds is 1. The van der Waals surface area contributed by atoms with Crippen LogP contribution in [0.15, 0.2) is 48.8 Å². The summed E-state index contributed by atoms with van der Waals surface area (Å²) < 4.78 is 8.40. The predicted molar refractivity (Wildman–Crippen MR) is 109 cm³/mol. The van der Waals surface area contributed by atoms with Crippen LogP contribution in [0.25, 0.3) is 10.8 Å². The first kappa shape index (κ1) is 15.7. The van der Waals surface area contributed by atoms with Crippen molar-refractivity contribution >= 4 is 16.5 Å². The number of hydrogen-bond donors (Lipinski definition) is 1. The van der Waals surface area contributed by atoms with Gasteiger partial charge in [-0.15, -0.1) is 0 Å². The molecule has 2 N–H and O–H groups in total. The van der Waals surface area contributed by atoms with Crippen LogP contribution in [0.2, 0.25) is 0 Å². The van der Waals surface area contributed by atoms with Crippen molar-refractivity contribution in [2.45, 2.75) is 25.2 Å². The van der Waals surface area contributed by atoms with Gasteiger partial charge in [0, 0.05) is 36.4 Å². The zero-order valence-electron chi connectivity index (χ0n) is 15.6. The van der Waals surface area contributed by atoms with Gasteiger partial charge < -0.3 is 15.0 Å². The lowest BCUT2D eigenvalue weighted by Gasteiger charge is -2.30. The van der Waals surface area contributed by atoms with Crippen molar-refractivity contribution in [1.82, 2.24) is 14.5 Å². The number of benzene rings is 2. The lowest BCUT2D eigenvalue weighted by atomic mass is 9.83. The number of hydrogen-bond acceptors (Lipinski definition) is 4. The maximum Gasteiger partial charge on any atom is 0.225 e. The standard InChI is InChI=1S/C23H20N4O/c1-27-12-11-25-22(27)19-18-14-6-3-2-5-13(14)9-10-17(18)28-23-20(19)21(24)15-7-4-8-16(15)26-23/h2-3,5-6,9-12,19H,4,7-8H2,1H3,(H2,24,26). The van der Waals surface area contributed by atoms with Gasteiger partial charge in [0.05, 0.1) is 11.5 Å². The molecule has 138 valence electrons. The van der Waals surface area contributed by atoms with Gasteiger partial charge in [0.15, 0.2) is 0 Å². The quantitative estimate of drug-likeness (QED) is 0.478. The van der Waals surface area contributed by atoms with Gasteiger partial charge in [-0.25, -0.2) is 9.97 Å². The molecule has 5 heteroatoms. The monoisotopic (exact) mass is 368 g/mol. The molecule has 1 unspecified atom stereocenters. The number of pyridine rings is 1. The Morgan fingerprint density at radius 3 is 2.86 bits per heavy atom. The van der Waals surface area contributed by atoms with Gasteiger partial charge in [-0.05, 0) is 41.7 Å². The van der Waals surface area contributed by atoms with E-state index in [9.17, 15) is 0 Å². The molecule has 0 amide bonds. The molecule has 2 aromatic carbocycles. The van der Waals surface area contributed by atoms with Crippen LogP contribution in [0.4, 0.5) is 5.69 Å². The van der Waals surface area contributed by atoms with Gasteiger partial charge in [-0.2, -0.15) is 0 Å². The third-order valence-corrected chi connectivity index (χ3v) is 6.10. The van der Waals surface area contributed by atoms with E-state index in [4.69, 9.17) is 20.4 Å². The molecule has 0 spiro atoms. The highest BCUT2D eigenvalue weighted by Crippen LogP contribution is 2.52. The van der Waals surface area contributed by atoms with E-state index in [1.54, 1.807) is 0 Å². The minimum Gasteiger partial charge on any atom is -0.438 e. The highest BCUT2D eigenvalue weighted by Gasteiger charge is 2.37. The average Bonchev–Trinajstić information content (AvgIpc) is 3.35. The molecule has 0 saturated carbocycles. The summed E-state index contributed by atoms with van der Waals surface area (Å²) in [6.07, 6.45) is 6.86. The van der Waals surface area contributed by atoms with Crippen LogP contribution in [-0.4, -0.2) is 14.5 Å². The Morgan fingerprint density at radius 1 is 1.11 bits per heavy atom. The molecule has 0 radical (unpaired) electrons. The summed E-state index contributed by atoms with van der Waals surface area (Å²) in [5.74, 6) is 2.31. The third kappa shape index (κ3) is 2.01. The molecule has 2 aliphatic rings. The third-order valence-electron chi connectivity index (χ3n) is 6.10. The van der Waals surface area contributed by atoms with Crippen molar-refractivity contribution < 1.29 is 4.74 Å². The molecule has 3 heterocycles. The van der Waals surface area contributed by atoms with E-state index in [0.29, 0.717) is 5.88 Å². The molecule has 0 fully saturated rings. The Balaban J connectivity index is 1.73. The number of fused-ring (bicyclic) bond motifs is 5. The fraction of sp³-hybridized carbons (Fsp3) is 0.217. The summed E-state index contributed by atoms with van der Waals surface area (Å²) in [5, 5.41) is 2.35. The van der Waals surface area contributed by atoms with E-state index < -0.39 is 0 Å². The van der Waals surface area contributed by atoms with Crippen LogP contribution in [0.3, 0.4) is 0 Å². The molecular weight excluding hydrogens is 348 g/mol. The van der Waals surface area contributed by atoms with Crippen molar-refractivity contribution in [2.75, 3.05) is 5.73 Å². The fourth-order valence-electron chi connectivity index (χ4n) is 4.78. The fourth-order valence-corrected chi connectivity index (χ4v) is 4.78. The maximum absolute atomic E-state index is 6.75. The summed E-state index contributed by atoms with van der Waals surface area (Å²) in [6.45, 7) is 0. The molecular formula is C23H20N4O. The van der Waals surface area contributed by atoms with E-state index in [2.05, 4.69) is 34.9 Å². The Morgan fingerprint density at radius 2 is 2.00 bits per heavy atom. The maximum atomic E-state index is 6.75. The molecule has 0 bridgehead atoms. The van der Waals surface area contributed by atoms with Gasteiger partial charge in [0.1, 0.15) is 11.6 Å². The second kappa shape index (κ2) is 5.58. The first-order valence-electron chi connectivity index (χ1n) is 9.70. The highest BCUT2D eigenvalue weighted by atomic mass is 16.5. The Bertz CT molecular complexity index is 1260. The molecule has 0 saturated heterocycles. The van der Waals surface area contributed by atoms with Crippen molar-refractivity contribution in [3.63, 3.8) is 0 Å². The van der Waals surface area contributed by atoms with Crippen LogP contribution >= 0.6 is 0 Å². The molecule has 1 atom stereocenters. The second-order valence-corrected chi connectivity index (χ2v) is 7.65. The molecule has 5 nitrogen and oxygen atoms in total. The second-order valence-electron chi connectivity index (χ2n) is 7.65. The molecule has 28 heavy (non-hydrogen) atoms. The first-order valence-corrected chi connectivity index (χ1v) is 9.70. The average molecular weight is 368 g/mol. The number of nitrogens with zero attached hydrogens (tertiary/aromatic N) is 3. The van der Waals surface area contributed by atoms with Crippen LogP contribution in [0.5, 0.6) is 11.6 Å². The van der Waals surface area contributed by atoms with Gasteiger partial charge in [-0.1, -0.05) is 30.3 Å². The number of anilines is 1. The number of ether oxygens (including phenoxy) is 1. The summed E-state index contributed by atoms with van der Waals surface area (Å²) in [6, 6.07) is 12.6. The minimum atomic E-state index is -0.108. The Kier molecular flexibility index (Phi) is 3.13. The van der Waals surface area contributed by atoms with E-state index in [1.165, 1.54) is 16.3 Å². The van der Waals surface area contributed by atoms with E-state index >= 15 is 0 Å². The minimum absolute atomic E-state index is 0.108. The normalized spacial score (nSPS) is 17.1. The smallest absolute Gasteiger partial charge is 0.225 e. The van der Waals surface area contributed by atoms with Gasteiger partial charge in [0.25, 0.3) is 0 Å². The largest absolute Gasteiger partial charge is 0.438 e. The topological polar surface area (TPSA) is 66.0 Å². The number of nitrogen functional groups attached to an aromatic ring is 1. The lowest BCUT2D eigenvalue weighted by molar-refractivity contribution is 0.431. The molecule has 6 rings (SSSR count). The number of nitrogens with two attached hydrogens (primary N) is 1. The first-order chi connectivity index (χ1) is 13.7. The number of aryl methyl sites for hydroxylation is 2. The molecule has 4 aromatic rings. The Labute approximate surface area is 162 Å². The highest BCUT2D eigenvalue weighted by molar-refractivity contribution is 5.90. The van der Waals surface area contributed by atoms with E-state index in [0.717, 1.165) is 53.3 Å². The molecule has 2 aromatic heterocycles. The van der Waals surface area contributed by atoms with Gasteiger partial charge in [-0.3, -0.25) is 0 Å². The van der Waals surface area contributed by atoms with Crippen molar-refractivity contribution in [3.05, 3.63) is 77.0 Å². The van der Waals surface area contributed by atoms with Crippen LogP contribution in [-0.2, 0) is 19.9 Å². The van der Waals surface area contributed by atoms with Crippen molar-refractivity contribution in [2.24, 2.45) is 7.05 Å². The number of imidazole rings is 1. The van der Waals surface area contributed by atoms with Crippen LogP contribution in [0.1, 0.15) is 40.5 Å². The predicted octanol–water partition coefficient (Wildman–Crippen LogP) is 4.33. The van der Waals surface area contributed by atoms with Gasteiger partial charge in [0.2, 0.25) is 5.88 Å². The summed E-state index contributed by atoms with van der Waals surface area (Å²) in [5.41, 5.74) is 11.9. The number of aromatic nitrogens is 3. The zero-order chi connectivity index (χ0) is 18.8.